The smallest absolute Gasteiger partial charge is 0.0703 e. The van der Waals surface area contributed by atoms with E-state index in [2.05, 4.69) is 32.7 Å². The van der Waals surface area contributed by atoms with E-state index in [-0.39, 0.29) is 5.54 Å². The molecule has 3 unspecified atom stereocenters. The molecule has 0 aromatic rings. The summed E-state index contributed by atoms with van der Waals surface area (Å²) in [5, 5.41) is 0. The van der Waals surface area contributed by atoms with Gasteiger partial charge in [0.05, 0.1) is 6.10 Å². The summed E-state index contributed by atoms with van der Waals surface area (Å²) in [6, 6.07) is 0.544. The summed E-state index contributed by atoms with van der Waals surface area (Å²) in [4.78, 5) is 2.56. The molecule has 1 aliphatic heterocycles. The maximum Gasteiger partial charge on any atom is 0.0703 e. The zero-order chi connectivity index (χ0) is 13.4. The van der Waals surface area contributed by atoms with Crippen LogP contribution in [0.3, 0.4) is 0 Å². The molecule has 2 rings (SSSR count). The molecule has 3 atom stereocenters. The van der Waals surface area contributed by atoms with Gasteiger partial charge in [0.25, 0.3) is 0 Å². The third-order valence-electron chi connectivity index (χ3n) is 5.27. The van der Waals surface area contributed by atoms with Gasteiger partial charge in [-0.3, -0.25) is 4.90 Å². The number of ether oxygens (including phenoxy) is 1. The lowest BCUT2D eigenvalue weighted by Gasteiger charge is -2.52. The third kappa shape index (κ3) is 2.59. The van der Waals surface area contributed by atoms with Crippen LogP contribution in [0.5, 0.6) is 0 Å². The topological polar surface area (TPSA) is 38.5 Å². The van der Waals surface area contributed by atoms with E-state index in [1.807, 2.05) is 0 Å². The molecule has 2 aliphatic rings. The SMILES string of the molecule is CC1OCCC1N(C)C1(CN)CCCC(C)(C)C1. The molecule has 106 valence electrons. The van der Waals surface area contributed by atoms with Gasteiger partial charge in [0, 0.05) is 24.7 Å². The predicted octanol–water partition coefficient (Wildman–Crippen LogP) is 2.39. The van der Waals surface area contributed by atoms with E-state index in [0.717, 1.165) is 19.6 Å². The molecule has 2 fully saturated rings. The Morgan fingerprint density at radius 2 is 2.06 bits per heavy atom. The molecule has 2 N–H and O–H groups in total. The number of likely N-dealkylation sites (N-methyl/N-ethyl adjacent to an activating group) is 1. The molecule has 0 radical (unpaired) electrons. The Hall–Kier alpha value is -0.120. The van der Waals surface area contributed by atoms with Gasteiger partial charge in [0.1, 0.15) is 0 Å². The van der Waals surface area contributed by atoms with Crippen LogP contribution in [0.4, 0.5) is 0 Å². The normalized spacial score (nSPS) is 40.3. The second-order valence-corrected chi connectivity index (χ2v) is 7.17. The average Bonchev–Trinajstić information content (AvgIpc) is 2.73. The van der Waals surface area contributed by atoms with Gasteiger partial charge in [-0.1, -0.05) is 20.3 Å². The van der Waals surface area contributed by atoms with Gasteiger partial charge in [-0.2, -0.15) is 0 Å². The Balaban J connectivity index is 2.15. The highest BCUT2D eigenvalue weighted by Gasteiger charge is 2.45. The van der Waals surface area contributed by atoms with Crippen molar-refractivity contribution >= 4 is 0 Å². The van der Waals surface area contributed by atoms with E-state index in [0.29, 0.717) is 17.6 Å². The van der Waals surface area contributed by atoms with E-state index in [1.54, 1.807) is 0 Å². The van der Waals surface area contributed by atoms with Crippen molar-refractivity contribution in [2.45, 2.75) is 70.6 Å². The summed E-state index contributed by atoms with van der Waals surface area (Å²) in [7, 11) is 2.27. The summed E-state index contributed by atoms with van der Waals surface area (Å²) in [5.41, 5.74) is 6.80. The van der Waals surface area contributed by atoms with Crippen LogP contribution in [-0.2, 0) is 4.74 Å². The fourth-order valence-corrected chi connectivity index (χ4v) is 4.16. The quantitative estimate of drug-likeness (QED) is 0.840. The first-order valence-electron chi connectivity index (χ1n) is 7.45. The molecule has 0 amide bonds. The fraction of sp³-hybridized carbons (Fsp3) is 1.00. The van der Waals surface area contributed by atoms with Crippen LogP contribution in [0, 0.1) is 5.41 Å². The second kappa shape index (κ2) is 5.10. The standard InChI is InChI=1S/C15H30N2O/c1-12-13(6-9-18-12)17(4)15(11-16)8-5-7-14(2,3)10-15/h12-13H,5-11,16H2,1-4H3. The first-order chi connectivity index (χ1) is 8.40. The van der Waals surface area contributed by atoms with Crippen LogP contribution in [-0.4, -0.2) is 42.8 Å². The highest BCUT2D eigenvalue weighted by molar-refractivity contribution is 5.01. The minimum absolute atomic E-state index is 0.189. The molecular formula is C15H30N2O. The van der Waals surface area contributed by atoms with E-state index in [1.165, 1.54) is 25.7 Å². The fourth-order valence-electron chi connectivity index (χ4n) is 4.16. The molecule has 1 heterocycles. The lowest BCUT2D eigenvalue weighted by molar-refractivity contribution is -0.0199. The maximum atomic E-state index is 6.19. The highest BCUT2D eigenvalue weighted by Crippen LogP contribution is 2.44. The number of nitrogens with zero attached hydrogens (tertiary/aromatic N) is 1. The molecule has 3 heteroatoms. The van der Waals surface area contributed by atoms with Gasteiger partial charge in [-0.25, -0.2) is 0 Å². The molecule has 0 aromatic heterocycles. The Morgan fingerprint density at radius 3 is 2.56 bits per heavy atom. The monoisotopic (exact) mass is 254 g/mol. The van der Waals surface area contributed by atoms with Crippen molar-refractivity contribution < 1.29 is 4.74 Å². The van der Waals surface area contributed by atoms with Gasteiger partial charge in [-0.05, 0) is 45.1 Å². The van der Waals surface area contributed by atoms with Crippen molar-refractivity contribution in [2.75, 3.05) is 20.2 Å². The van der Waals surface area contributed by atoms with Crippen molar-refractivity contribution in [3.63, 3.8) is 0 Å². The average molecular weight is 254 g/mol. The highest BCUT2D eigenvalue weighted by atomic mass is 16.5. The largest absolute Gasteiger partial charge is 0.377 e. The first-order valence-corrected chi connectivity index (χ1v) is 7.45. The van der Waals surface area contributed by atoms with Gasteiger partial charge in [0.2, 0.25) is 0 Å². The van der Waals surface area contributed by atoms with Crippen molar-refractivity contribution in [1.82, 2.24) is 4.90 Å². The van der Waals surface area contributed by atoms with Crippen molar-refractivity contribution in [3.05, 3.63) is 0 Å². The first kappa shape index (κ1) is 14.3. The van der Waals surface area contributed by atoms with E-state index < -0.39 is 0 Å². The van der Waals surface area contributed by atoms with Crippen molar-refractivity contribution in [3.8, 4) is 0 Å². The minimum atomic E-state index is 0.189. The van der Waals surface area contributed by atoms with E-state index in [9.17, 15) is 0 Å². The summed E-state index contributed by atoms with van der Waals surface area (Å²) in [6.45, 7) is 8.65. The van der Waals surface area contributed by atoms with Crippen LogP contribution in [0.15, 0.2) is 0 Å². The Bertz CT molecular complexity index is 292. The van der Waals surface area contributed by atoms with Crippen molar-refractivity contribution in [1.29, 1.82) is 0 Å². The molecule has 3 nitrogen and oxygen atoms in total. The molecule has 1 aliphatic carbocycles. The molecule has 1 saturated carbocycles. The number of hydrogen-bond donors (Lipinski definition) is 1. The predicted molar refractivity (Wildman–Crippen MR) is 75.6 cm³/mol. The zero-order valence-corrected chi connectivity index (χ0v) is 12.5. The lowest BCUT2D eigenvalue weighted by atomic mass is 9.67. The van der Waals surface area contributed by atoms with Crippen molar-refractivity contribution in [2.24, 2.45) is 11.1 Å². The van der Waals surface area contributed by atoms with Crippen LogP contribution in [0.2, 0.25) is 0 Å². The van der Waals surface area contributed by atoms with Gasteiger partial charge < -0.3 is 10.5 Å². The second-order valence-electron chi connectivity index (χ2n) is 7.17. The lowest BCUT2D eigenvalue weighted by Crippen LogP contribution is -2.60. The zero-order valence-electron chi connectivity index (χ0n) is 12.5. The van der Waals surface area contributed by atoms with Gasteiger partial charge in [0.15, 0.2) is 0 Å². The Morgan fingerprint density at radius 1 is 1.33 bits per heavy atom. The van der Waals surface area contributed by atoms with Crippen LogP contribution >= 0.6 is 0 Å². The summed E-state index contributed by atoms with van der Waals surface area (Å²) < 4.78 is 5.74. The maximum absolute atomic E-state index is 6.19. The molecule has 0 aromatic carbocycles. The van der Waals surface area contributed by atoms with E-state index >= 15 is 0 Å². The third-order valence-corrected chi connectivity index (χ3v) is 5.27. The molecule has 0 bridgehead atoms. The number of hydrogen-bond acceptors (Lipinski definition) is 3. The molecule has 1 saturated heterocycles. The number of nitrogens with two attached hydrogens (primary N) is 1. The minimum Gasteiger partial charge on any atom is -0.377 e. The Labute approximate surface area is 112 Å². The summed E-state index contributed by atoms with van der Waals surface area (Å²) in [5.74, 6) is 0. The Kier molecular flexibility index (Phi) is 4.05. The molecule has 0 spiro atoms. The van der Waals surface area contributed by atoms with Crippen LogP contribution in [0.25, 0.3) is 0 Å². The van der Waals surface area contributed by atoms with E-state index in [4.69, 9.17) is 10.5 Å². The molecular weight excluding hydrogens is 224 g/mol. The summed E-state index contributed by atoms with van der Waals surface area (Å²) >= 11 is 0. The molecule has 18 heavy (non-hydrogen) atoms. The van der Waals surface area contributed by atoms with Gasteiger partial charge >= 0.3 is 0 Å². The van der Waals surface area contributed by atoms with Crippen LogP contribution in [0.1, 0.15) is 52.9 Å². The number of rotatable bonds is 3. The van der Waals surface area contributed by atoms with Gasteiger partial charge in [-0.15, -0.1) is 0 Å². The van der Waals surface area contributed by atoms with Crippen LogP contribution < -0.4 is 5.73 Å². The summed E-state index contributed by atoms with van der Waals surface area (Å²) in [6.07, 6.45) is 6.60.